The Morgan fingerprint density at radius 1 is 1.56 bits per heavy atom. The van der Waals surface area contributed by atoms with Crippen molar-refractivity contribution >= 4 is 22.6 Å². The number of H-pyrrole nitrogens is 1. The summed E-state index contributed by atoms with van der Waals surface area (Å²) in [6, 6.07) is 5.54. The molecular formula is C11H14N4O. The van der Waals surface area contributed by atoms with Crippen LogP contribution in [0.25, 0.3) is 11.0 Å². The summed E-state index contributed by atoms with van der Waals surface area (Å²) < 4.78 is 0. The van der Waals surface area contributed by atoms with Gasteiger partial charge in [-0.25, -0.2) is 4.98 Å². The number of aromatic nitrogens is 2. The summed E-state index contributed by atoms with van der Waals surface area (Å²) in [7, 11) is 0. The van der Waals surface area contributed by atoms with Crippen molar-refractivity contribution in [3.63, 3.8) is 0 Å². The van der Waals surface area contributed by atoms with Crippen molar-refractivity contribution in [2.75, 3.05) is 11.9 Å². The Morgan fingerprint density at radius 2 is 2.38 bits per heavy atom. The van der Waals surface area contributed by atoms with Gasteiger partial charge in [-0.15, -0.1) is 0 Å². The van der Waals surface area contributed by atoms with E-state index in [1.807, 2.05) is 25.1 Å². The number of nitrogens with zero attached hydrogens (tertiary/aromatic N) is 1. The Kier molecular flexibility index (Phi) is 2.87. The molecule has 0 saturated heterocycles. The molecule has 0 saturated carbocycles. The first-order chi connectivity index (χ1) is 7.72. The number of anilines is 1. The van der Waals surface area contributed by atoms with Crippen molar-refractivity contribution < 1.29 is 4.79 Å². The Balaban J connectivity index is 2.32. The van der Waals surface area contributed by atoms with Crippen LogP contribution in [0.15, 0.2) is 18.2 Å². The molecule has 2 aromatic rings. The van der Waals surface area contributed by atoms with Crippen LogP contribution in [0.1, 0.15) is 12.7 Å². The normalized spacial score (nSPS) is 10.6. The fraction of sp³-hybridized carbons (Fsp3) is 0.273. The number of aryl methyl sites for hydroxylation is 1. The lowest BCUT2D eigenvalue weighted by Crippen LogP contribution is -2.21. The van der Waals surface area contributed by atoms with Crippen LogP contribution in [0, 0.1) is 0 Å². The van der Waals surface area contributed by atoms with Crippen LogP contribution < -0.4 is 11.1 Å². The second-order valence-electron chi connectivity index (χ2n) is 3.52. The minimum absolute atomic E-state index is 0.0127. The van der Waals surface area contributed by atoms with E-state index in [9.17, 15) is 4.79 Å². The molecule has 0 unspecified atom stereocenters. The van der Waals surface area contributed by atoms with E-state index in [4.69, 9.17) is 5.73 Å². The van der Waals surface area contributed by atoms with Gasteiger partial charge in [0.2, 0.25) is 5.91 Å². The van der Waals surface area contributed by atoms with Crippen molar-refractivity contribution in [2.24, 2.45) is 5.73 Å². The van der Waals surface area contributed by atoms with Crippen LogP contribution in [0.2, 0.25) is 0 Å². The van der Waals surface area contributed by atoms with Gasteiger partial charge in [0.15, 0.2) is 0 Å². The van der Waals surface area contributed by atoms with Gasteiger partial charge < -0.3 is 16.0 Å². The van der Waals surface area contributed by atoms with Crippen LogP contribution >= 0.6 is 0 Å². The number of nitrogens with one attached hydrogen (secondary N) is 2. The summed E-state index contributed by atoms with van der Waals surface area (Å²) >= 11 is 0. The van der Waals surface area contributed by atoms with Gasteiger partial charge in [-0.2, -0.15) is 0 Å². The molecule has 0 atom stereocenters. The summed E-state index contributed by atoms with van der Waals surface area (Å²) in [4.78, 5) is 18.7. The van der Waals surface area contributed by atoms with Gasteiger partial charge >= 0.3 is 0 Å². The monoisotopic (exact) mass is 218 g/mol. The Hall–Kier alpha value is -1.88. The lowest BCUT2D eigenvalue weighted by molar-refractivity contribution is -0.114. The Morgan fingerprint density at radius 3 is 3.06 bits per heavy atom. The first kappa shape index (κ1) is 10.6. The SMILES string of the molecule is CCc1nc2ccc(NC(=O)CN)cc2[nH]1. The Bertz CT molecular complexity index is 518. The number of carbonyl (C=O) groups is 1. The number of amides is 1. The fourth-order valence-electron chi connectivity index (χ4n) is 1.52. The number of imidazole rings is 1. The highest BCUT2D eigenvalue weighted by atomic mass is 16.1. The average molecular weight is 218 g/mol. The van der Waals surface area contributed by atoms with E-state index in [2.05, 4.69) is 15.3 Å². The number of fused-ring (bicyclic) bond motifs is 1. The highest BCUT2D eigenvalue weighted by molar-refractivity contribution is 5.94. The fourth-order valence-corrected chi connectivity index (χ4v) is 1.52. The van der Waals surface area contributed by atoms with Crippen molar-refractivity contribution in [3.05, 3.63) is 24.0 Å². The minimum Gasteiger partial charge on any atom is -0.342 e. The molecule has 1 amide bonds. The smallest absolute Gasteiger partial charge is 0.238 e. The van der Waals surface area contributed by atoms with Crippen LogP contribution in [0.5, 0.6) is 0 Å². The third-order valence-corrected chi connectivity index (χ3v) is 2.33. The van der Waals surface area contributed by atoms with Gasteiger partial charge in [0.05, 0.1) is 17.6 Å². The summed E-state index contributed by atoms with van der Waals surface area (Å²) in [5.41, 5.74) is 7.78. The van der Waals surface area contributed by atoms with Crippen molar-refractivity contribution in [1.82, 2.24) is 9.97 Å². The predicted octanol–water partition coefficient (Wildman–Crippen LogP) is 1.02. The Labute approximate surface area is 93.1 Å². The van der Waals surface area contributed by atoms with Gasteiger partial charge in [0.1, 0.15) is 5.82 Å². The topological polar surface area (TPSA) is 83.8 Å². The molecule has 16 heavy (non-hydrogen) atoms. The van der Waals surface area contributed by atoms with Gasteiger partial charge in [0, 0.05) is 12.1 Å². The molecule has 0 bridgehead atoms. The van der Waals surface area contributed by atoms with E-state index >= 15 is 0 Å². The zero-order valence-electron chi connectivity index (χ0n) is 9.08. The van der Waals surface area contributed by atoms with E-state index in [1.54, 1.807) is 0 Å². The highest BCUT2D eigenvalue weighted by Crippen LogP contribution is 2.17. The lowest BCUT2D eigenvalue weighted by Gasteiger charge is -2.02. The second kappa shape index (κ2) is 4.32. The maximum Gasteiger partial charge on any atom is 0.238 e. The second-order valence-corrected chi connectivity index (χ2v) is 3.52. The molecule has 1 aromatic carbocycles. The van der Waals surface area contributed by atoms with E-state index in [-0.39, 0.29) is 12.5 Å². The van der Waals surface area contributed by atoms with Crippen molar-refractivity contribution in [3.8, 4) is 0 Å². The number of nitrogens with two attached hydrogens (primary N) is 1. The molecule has 0 aliphatic rings. The minimum atomic E-state index is -0.199. The van der Waals surface area contributed by atoms with Gasteiger partial charge in [-0.3, -0.25) is 4.79 Å². The summed E-state index contributed by atoms with van der Waals surface area (Å²) in [5.74, 6) is 0.742. The third-order valence-electron chi connectivity index (χ3n) is 2.33. The summed E-state index contributed by atoms with van der Waals surface area (Å²) in [6.07, 6.45) is 0.860. The van der Waals surface area contributed by atoms with E-state index in [1.165, 1.54) is 0 Å². The maximum absolute atomic E-state index is 11.1. The van der Waals surface area contributed by atoms with Gasteiger partial charge in [-0.05, 0) is 18.2 Å². The molecule has 84 valence electrons. The average Bonchev–Trinajstić information content (AvgIpc) is 2.71. The van der Waals surface area contributed by atoms with Crippen LogP contribution in [0.3, 0.4) is 0 Å². The first-order valence-corrected chi connectivity index (χ1v) is 5.21. The summed E-state index contributed by atoms with van der Waals surface area (Å²) in [5, 5.41) is 2.70. The lowest BCUT2D eigenvalue weighted by atomic mass is 10.3. The number of carbonyl (C=O) groups excluding carboxylic acids is 1. The molecule has 0 spiro atoms. The number of hydrogen-bond donors (Lipinski definition) is 3. The van der Waals surface area contributed by atoms with E-state index < -0.39 is 0 Å². The zero-order valence-corrected chi connectivity index (χ0v) is 9.08. The molecule has 0 radical (unpaired) electrons. The molecule has 1 aromatic heterocycles. The standard InChI is InChI=1S/C11H14N4O/c1-2-10-14-8-4-3-7(5-9(8)15-10)13-11(16)6-12/h3-5H,2,6,12H2,1H3,(H,13,16)(H,14,15). The molecule has 0 aliphatic carbocycles. The van der Waals surface area contributed by atoms with Crippen molar-refractivity contribution in [1.29, 1.82) is 0 Å². The number of benzene rings is 1. The largest absolute Gasteiger partial charge is 0.342 e. The van der Waals surface area contributed by atoms with Crippen LogP contribution in [0.4, 0.5) is 5.69 Å². The molecule has 0 fully saturated rings. The quantitative estimate of drug-likeness (QED) is 0.719. The van der Waals surface area contributed by atoms with Crippen molar-refractivity contribution in [2.45, 2.75) is 13.3 Å². The number of hydrogen-bond acceptors (Lipinski definition) is 3. The van der Waals surface area contributed by atoms with E-state index in [0.717, 1.165) is 29.0 Å². The van der Waals surface area contributed by atoms with Crippen LogP contribution in [-0.4, -0.2) is 22.4 Å². The first-order valence-electron chi connectivity index (χ1n) is 5.21. The predicted molar refractivity (Wildman–Crippen MR) is 63.2 cm³/mol. The number of rotatable bonds is 3. The molecular weight excluding hydrogens is 204 g/mol. The van der Waals surface area contributed by atoms with E-state index in [0.29, 0.717) is 0 Å². The maximum atomic E-state index is 11.1. The zero-order chi connectivity index (χ0) is 11.5. The van der Waals surface area contributed by atoms with Crippen LogP contribution in [-0.2, 0) is 11.2 Å². The summed E-state index contributed by atoms with van der Waals surface area (Å²) in [6.45, 7) is 2.02. The van der Waals surface area contributed by atoms with Gasteiger partial charge in [0.25, 0.3) is 0 Å². The van der Waals surface area contributed by atoms with Gasteiger partial charge in [-0.1, -0.05) is 6.92 Å². The molecule has 2 rings (SSSR count). The third kappa shape index (κ3) is 2.04. The molecule has 1 heterocycles. The molecule has 5 heteroatoms. The molecule has 4 N–H and O–H groups in total. The number of aromatic amines is 1. The highest BCUT2D eigenvalue weighted by Gasteiger charge is 2.03. The molecule has 5 nitrogen and oxygen atoms in total. The molecule has 0 aliphatic heterocycles.